The molecule has 1 aliphatic rings. The average molecular weight is 425 g/mol. The number of anilines is 1. The van der Waals surface area contributed by atoms with Gasteiger partial charge in [0.15, 0.2) is 0 Å². The summed E-state index contributed by atoms with van der Waals surface area (Å²) in [6.45, 7) is 0. The molecule has 6 nitrogen and oxygen atoms in total. The van der Waals surface area contributed by atoms with E-state index >= 15 is 0 Å². The lowest BCUT2D eigenvalue weighted by atomic mass is 9.79. The van der Waals surface area contributed by atoms with E-state index in [1.807, 2.05) is 72.9 Å². The Balaban J connectivity index is 1.57. The second kappa shape index (κ2) is 7.89. The van der Waals surface area contributed by atoms with Crippen molar-refractivity contribution < 1.29 is 14.3 Å². The molecule has 0 bridgehead atoms. The molecule has 2 N–H and O–H groups in total. The van der Waals surface area contributed by atoms with Gasteiger partial charge in [-0.1, -0.05) is 36.4 Å². The van der Waals surface area contributed by atoms with E-state index in [0.29, 0.717) is 11.3 Å². The van der Waals surface area contributed by atoms with Gasteiger partial charge in [-0.25, -0.2) is 0 Å². The highest BCUT2D eigenvalue weighted by Crippen LogP contribution is 2.42. The third-order valence-electron chi connectivity index (χ3n) is 6.14. The number of nitrogens with one attached hydrogen (secondary N) is 2. The lowest BCUT2D eigenvalue weighted by molar-refractivity contribution is -0.119. The minimum atomic E-state index is -0.568. The zero-order valence-electron chi connectivity index (χ0n) is 17.8. The minimum absolute atomic E-state index is 0.0988. The molecule has 0 aliphatic carbocycles. The second-order valence-electron chi connectivity index (χ2n) is 7.97. The van der Waals surface area contributed by atoms with E-state index in [-0.39, 0.29) is 11.8 Å². The summed E-state index contributed by atoms with van der Waals surface area (Å²) < 4.78 is 5.28. The van der Waals surface area contributed by atoms with Crippen molar-refractivity contribution in [3.8, 4) is 5.75 Å². The first kappa shape index (κ1) is 19.9. The number of benzene rings is 3. The fourth-order valence-corrected chi connectivity index (χ4v) is 4.52. The monoisotopic (exact) mass is 425 g/mol. The van der Waals surface area contributed by atoms with Gasteiger partial charge in [-0.05, 0) is 52.9 Å². The van der Waals surface area contributed by atoms with Crippen LogP contribution in [-0.4, -0.2) is 35.9 Å². The standard InChI is InChI=1S/C26H23N3O3/c1-29-24(17-8-11-19(32-2)12-9-17)23(20-5-3-4-6-21(20)26(29)31)25(30)28-18-10-7-16-13-14-27-22(16)15-18/h3-15,23-24,27H,1-2H3,(H,28,30). The van der Waals surface area contributed by atoms with Gasteiger partial charge in [0, 0.05) is 30.0 Å². The number of H-pyrrole nitrogens is 1. The molecule has 32 heavy (non-hydrogen) atoms. The maximum atomic E-state index is 13.7. The summed E-state index contributed by atoms with van der Waals surface area (Å²) in [4.78, 5) is 31.6. The number of amides is 2. The Morgan fingerprint density at radius 1 is 1.03 bits per heavy atom. The number of aromatic amines is 1. The van der Waals surface area contributed by atoms with E-state index < -0.39 is 12.0 Å². The normalized spacial score (nSPS) is 17.8. The zero-order valence-corrected chi connectivity index (χ0v) is 17.8. The summed E-state index contributed by atoms with van der Waals surface area (Å²) in [5.74, 6) is -0.109. The predicted molar refractivity (Wildman–Crippen MR) is 124 cm³/mol. The molecular weight excluding hydrogens is 402 g/mol. The van der Waals surface area contributed by atoms with Crippen LogP contribution >= 0.6 is 0 Å². The first-order valence-corrected chi connectivity index (χ1v) is 10.4. The number of ether oxygens (including phenoxy) is 1. The van der Waals surface area contributed by atoms with Gasteiger partial charge in [-0.2, -0.15) is 0 Å². The number of carbonyl (C=O) groups excluding carboxylic acids is 2. The fourth-order valence-electron chi connectivity index (χ4n) is 4.52. The van der Waals surface area contributed by atoms with Gasteiger partial charge in [-0.15, -0.1) is 0 Å². The third kappa shape index (κ3) is 3.30. The number of hydrogen-bond donors (Lipinski definition) is 2. The van der Waals surface area contributed by atoms with Crippen molar-refractivity contribution in [2.75, 3.05) is 19.5 Å². The van der Waals surface area contributed by atoms with E-state index in [0.717, 1.165) is 27.8 Å². The fraction of sp³-hybridized carbons (Fsp3) is 0.154. The lowest BCUT2D eigenvalue weighted by Gasteiger charge is -2.39. The van der Waals surface area contributed by atoms with Gasteiger partial charge >= 0.3 is 0 Å². The molecule has 6 heteroatoms. The highest BCUT2D eigenvalue weighted by molar-refractivity contribution is 6.04. The molecule has 3 aromatic carbocycles. The van der Waals surface area contributed by atoms with E-state index in [1.54, 1.807) is 25.1 Å². The Bertz CT molecular complexity index is 1310. The number of rotatable bonds is 4. The number of methoxy groups -OCH3 is 1. The largest absolute Gasteiger partial charge is 0.497 e. The maximum absolute atomic E-state index is 13.7. The van der Waals surface area contributed by atoms with Crippen LogP contribution in [0.1, 0.15) is 33.4 Å². The number of nitrogens with zero attached hydrogens (tertiary/aromatic N) is 1. The van der Waals surface area contributed by atoms with Crippen LogP contribution in [0.3, 0.4) is 0 Å². The van der Waals surface area contributed by atoms with Crippen molar-refractivity contribution in [3.05, 3.63) is 95.7 Å². The second-order valence-corrected chi connectivity index (χ2v) is 7.97. The molecule has 4 aromatic rings. The smallest absolute Gasteiger partial charge is 0.254 e. The molecule has 2 amide bonds. The van der Waals surface area contributed by atoms with Crippen molar-refractivity contribution >= 4 is 28.4 Å². The van der Waals surface area contributed by atoms with Gasteiger partial charge in [0.1, 0.15) is 5.75 Å². The Morgan fingerprint density at radius 2 is 1.81 bits per heavy atom. The van der Waals surface area contributed by atoms with Crippen molar-refractivity contribution in [1.29, 1.82) is 0 Å². The summed E-state index contributed by atoms with van der Waals surface area (Å²) in [5.41, 5.74) is 3.81. The number of hydrogen-bond acceptors (Lipinski definition) is 3. The van der Waals surface area contributed by atoms with Crippen LogP contribution in [0.25, 0.3) is 10.9 Å². The van der Waals surface area contributed by atoms with Crippen LogP contribution in [0.4, 0.5) is 5.69 Å². The van der Waals surface area contributed by atoms with Crippen LogP contribution in [0, 0.1) is 0 Å². The number of aromatic nitrogens is 1. The number of likely N-dealkylation sites (N-methyl/N-ethyl adjacent to an activating group) is 1. The molecule has 1 aliphatic heterocycles. The van der Waals surface area contributed by atoms with Crippen molar-refractivity contribution in [2.24, 2.45) is 0 Å². The molecule has 160 valence electrons. The molecule has 1 aromatic heterocycles. The quantitative estimate of drug-likeness (QED) is 0.497. The molecular formula is C26H23N3O3. The average Bonchev–Trinajstić information content (AvgIpc) is 3.29. The van der Waals surface area contributed by atoms with Crippen molar-refractivity contribution in [2.45, 2.75) is 12.0 Å². The summed E-state index contributed by atoms with van der Waals surface area (Å²) in [5, 5.41) is 4.15. The topological polar surface area (TPSA) is 74.4 Å². The SMILES string of the molecule is COc1ccc(C2C(C(=O)Nc3ccc4cc[nH]c4c3)c3ccccc3C(=O)N2C)cc1. The maximum Gasteiger partial charge on any atom is 0.254 e. The molecule has 0 spiro atoms. The van der Waals surface area contributed by atoms with E-state index in [9.17, 15) is 9.59 Å². The molecule has 2 heterocycles. The summed E-state index contributed by atoms with van der Waals surface area (Å²) in [7, 11) is 3.36. The minimum Gasteiger partial charge on any atom is -0.497 e. The number of fused-ring (bicyclic) bond motifs is 2. The predicted octanol–water partition coefficient (Wildman–Crippen LogP) is 4.73. The van der Waals surface area contributed by atoms with E-state index in [2.05, 4.69) is 10.3 Å². The molecule has 0 saturated heterocycles. The summed E-state index contributed by atoms with van der Waals surface area (Å²) in [6.07, 6.45) is 1.87. The molecule has 0 radical (unpaired) electrons. The van der Waals surface area contributed by atoms with Gasteiger partial charge in [0.05, 0.1) is 19.1 Å². The van der Waals surface area contributed by atoms with E-state index in [1.165, 1.54) is 0 Å². The molecule has 0 fully saturated rings. The van der Waals surface area contributed by atoms with E-state index in [4.69, 9.17) is 4.74 Å². The molecule has 2 atom stereocenters. The lowest BCUT2D eigenvalue weighted by Crippen LogP contribution is -2.44. The molecule has 2 unspecified atom stereocenters. The summed E-state index contributed by atoms with van der Waals surface area (Å²) in [6, 6.07) is 22.2. The Hall–Kier alpha value is -4.06. The highest BCUT2D eigenvalue weighted by atomic mass is 16.5. The van der Waals surface area contributed by atoms with Crippen LogP contribution in [-0.2, 0) is 4.79 Å². The first-order chi connectivity index (χ1) is 15.6. The van der Waals surface area contributed by atoms with Crippen LogP contribution in [0.2, 0.25) is 0 Å². The third-order valence-corrected chi connectivity index (χ3v) is 6.14. The van der Waals surface area contributed by atoms with Crippen LogP contribution in [0.5, 0.6) is 5.75 Å². The van der Waals surface area contributed by atoms with Gasteiger partial charge in [-0.3, -0.25) is 9.59 Å². The van der Waals surface area contributed by atoms with Gasteiger partial charge in [0.25, 0.3) is 5.91 Å². The Kier molecular flexibility index (Phi) is 4.90. The van der Waals surface area contributed by atoms with Crippen molar-refractivity contribution in [3.63, 3.8) is 0 Å². The van der Waals surface area contributed by atoms with Crippen molar-refractivity contribution in [1.82, 2.24) is 9.88 Å². The first-order valence-electron chi connectivity index (χ1n) is 10.4. The van der Waals surface area contributed by atoms with Gasteiger partial charge < -0.3 is 19.9 Å². The zero-order chi connectivity index (χ0) is 22.2. The van der Waals surface area contributed by atoms with Crippen LogP contribution in [0.15, 0.2) is 79.0 Å². The highest BCUT2D eigenvalue weighted by Gasteiger charge is 2.42. The Labute approximate surface area is 185 Å². The number of carbonyl (C=O) groups is 2. The van der Waals surface area contributed by atoms with Crippen LogP contribution < -0.4 is 10.1 Å². The Morgan fingerprint density at radius 3 is 2.59 bits per heavy atom. The summed E-state index contributed by atoms with van der Waals surface area (Å²) >= 11 is 0. The van der Waals surface area contributed by atoms with Gasteiger partial charge in [0.2, 0.25) is 5.91 Å². The molecule has 5 rings (SSSR count). The molecule has 0 saturated carbocycles.